The van der Waals surface area contributed by atoms with Gasteiger partial charge in [0.15, 0.2) is 0 Å². The van der Waals surface area contributed by atoms with Crippen molar-refractivity contribution in [2.45, 2.75) is 6.18 Å². The van der Waals surface area contributed by atoms with Gasteiger partial charge in [-0.15, -0.1) is 10.2 Å². The molecular weight excluding hydrogens is 327 g/mol. The van der Waals surface area contributed by atoms with Crippen LogP contribution < -0.4 is 0 Å². The van der Waals surface area contributed by atoms with Crippen molar-refractivity contribution in [2.75, 3.05) is 7.11 Å². The monoisotopic (exact) mass is 337 g/mol. The number of rotatable bonds is 3. The molecule has 0 radical (unpaired) electrons. The summed E-state index contributed by atoms with van der Waals surface area (Å²) in [4.78, 5) is 11.7. The molecule has 0 fully saturated rings. The second-order valence-corrected chi connectivity index (χ2v) is 4.72. The third-order valence-electron chi connectivity index (χ3n) is 3.31. The predicted molar refractivity (Wildman–Crippen MR) is 75.3 cm³/mol. The number of H-pyrrole nitrogens is 1. The van der Waals surface area contributed by atoms with Crippen molar-refractivity contribution in [3.63, 3.8) is 0 Å². The van der Waals surface area contributed by atoms with Crippen LogP contribution >= 0.6 is 0 Å². The average molecular weight is 337 g/mol. The average Bonchev–Trinajstić information content (AvgIpc) is 3.24. The minimum atomic E-state index is -4.65. The second kappa shape index (κ2) is 5.80. The molecule has 0 aliphatic carbocycles. The summed E-state index contributed by atoms with van der Waals surface area (Å²) >= 11 is 0. The topological polar surface area (TPSA) is 85.7 Å². The zero-order valence-corrected chi connectivity index (χ0v) is 12.2. The van der Waals surface area contributed by atoms with E-state index in [2.05, 4.69) is 25.4 Å². The largest absolute Gasteiger partial charge is 0.464 e. The van der Waals surface area contributed by atoms with Gasteiger partial charge in [-0.1, -0.05) is 0 Å². The summed E-state index contributed by atoms with van der Waals surface area (Å²) in [5.41, 5.74) is -1.02. The number of benzene rings is 1. The van der Waals surface area contributed by atoms with Crippen LogP contribution in [-0.2, 0) is 10.9 Å². The van der Waals surface area contributed by atoms with E-state index in [9.17, 15) is 18.0 Å². The summed E-state index contributed by atoms with van der Waals surface area (Å²) in [6.45, 7) is 0. The molecule has 0 saturated carbocycles. The summed E-state index contributed by atoms with van der Waals surface area (Å²) in [6, 6.07) is 6.39. The number of nitrogens with zero attached hydrogens (tertiary/aromatic N) is 4. The Kier molecular flexibility index (Phi) is 3.80. The van der Waals surface area contributed by atoms with Crippen LogP contribution in [0.5, 0.6) is 0 Å². The van der Waals surface area contributed by atoms with Crippen molar-refractivity contribution in [3.05, 3.63) is 47.8 Å². The SMILES string of the molecule is COC(=O)c1cccn1-c1ccc(-c2nn[nH]n2)cc1C(F)(F)F. The number of carbonyl (C=O) groups excluding carboxylic acids is 1. The third-order valence-corrected chi connectivity index (χ3v) is 3.31. The number of carbonyl (C=O) groups is 1. The Morgan fingerprint density at radius 3 is 2.71 bits per heavy atom. The van der Waals surface area contributed by atoms with Crippen LogP contribution in [0.15, 0.2) is 36.5 Å². The van der Waals surface area contributed by atoms with Crippen LogP contribution in [-0.4, -0.2) is 38.3 Å². The number of ether oxygens (including phenoxy) is 1. The Hall–Kier alpha value is -3.17. The van der Waals surface area contributed by atoms with E-state index < -0.39 is 17.7 Å². The highest BCUT2D eigenvalue weighted by atomic mass is 19.4. The van der Waals surface area contributed by atoms with Crippen LogP contribution in [0.4, 0.5) is 13.2 Å². The van der Waals surface area contributed by atoms with Crippen LogP contribution in [0.1, 0.15) is 16.1 Å². The third kappa shape index (κ3) is 2.73. The van der Waals surface area contributed by atoms with Gasteiger partial charge in [-0.05, 0) is 35.5 Å². The standard InChI is InChI=1S/C14H10F3N5O2/c1-24-13(23)11-3-2-6-22(11)10-5-4-8(12-18-20-21-19-12)7-9(10)14(15,16)17/h2-7H,1H3,(H,18,19,20,21). The van der Waals surface area contributed by atoms with Gasteiger partial charge in [-0.2, -0.15) is 18.4 Å². The number of halogens is 3. The Morgan fingerprint density at radius 2 is 2.08 bits per heavy atom. The van der Waals surface area contributed by atoms with Gasteiger partial charge < -0.3 is 9.30 Å². The zero-order valence-electron chi connectivity index (χ0n) is 12.2. The normalized spacial score (nSPS) is 11.5. The molecule has 0 spiro atoms. The number of aromatic nitrogens is 5. The first-order valence-corrected chi connectivity index (χ1v) is 6.63. The van der Waals surface area contributed by atoms with E-state index in [-0.39, 0.29) is 22.8 Å². The van der Waals surface area contributed by atoms with E-state index in [1.807, 2.05) is 0 Å². The van der Waals surface area contributed by atoms with Gasteiger partial charge in [-0.25, -0.2) is 4.79 Å². The first kappa shape index (κ1) is 15.7. The van der Waals surface area contributed by atoms with Crippen molar-refractivity contribution in [3.8, 4) is 17.1 Å². The number of aromatic amines is 1. The molecule has 0 unspecified atom stereocenters. The lowest BCUT2D eigenvalue weighted by atomic mass is 10.1. The molecule has 1 aromatic carbocycles. The molecule has 24 heavy (non-hydrogen) atoms. The fourth-order valence-corrected chi connectivity index (χ4v) is 2.26. The quantitative estimate of drug-likeness (QED) is 0.742. The van der Waals surface area contributed by atoms with Gasteiger partial charge in [0.1, 0.15) is 5.69 Å². The molecule has 3 rings (SSSR count). The molecule has 0 aliphatic rings. The molecular formula is C14H10F3N5O2. The fourth-order valence-electron chi connectivity index (χ4n) is 2.26. The summed E-state index contributed by atoms with van der Waals surface area (Å²) in [7, 11) is 1.16. The number of tetrazole rings is 1. The lowest BCUT2D eigenvalue weighted by Crippen LogP contribution is -2.14. The first-order valence-electron chi connectivity index (χ1n) is 6.63. The van der Waals surface area contributed by atoms with Crippen LogP contribution in [0, 0.1) is 0 Å². The molecule has 2 aromatic heterocycles. The fraction of sp³-hybridized carbons (Fsp3) is 0.143. The Bertz CT molecular complexity index is 871. The maximum atomic E-state index is 13.5. The molecule has 7 nitrogen and oxygen atoms in total. The van der Waals surface area contributed by atoms with Gasteiger partial charge in [0.25, 0.3) is 0 Å². The highest BCUT2D eigenvalue weighted by Gasteiger charge is 2.35. The highest BCUT2D eigenvalue weighted by Crippen LogP contribution is 2.36. The van der Waals surface area contributed by atoms with E-state index in [1.54, 1.807) is 0 Å². The van der Waals surface area contributed by atoms with Crippen molar-refractivity contribution in [2.24, 2.45) is 0 Å². The van der Waals surface area contributed by atoms with Crippen LogP contribution in [0.25, 0.3) is 17.1 Å². The van der Waals surface area contributed by atoms with Crippen LogP contribution in [0.3, 0.4) is 0 Å². The predicted octanol–water partition coefficient (Wildman–Crippen LogP) is 2.46. The van der Waals surface area contributed by atoms with E-state index in [0.717, 1.165) is 17.7 Å². The van der Waals surface area contributed by atoms with E-state index in [1.165, 1.54) is 30.5 Å². The van der Waals surface area contributed by atoms with Gasteiger partial charge in [0.2, 0.25) is 5.82 Å². The lowest BCUT2D eigenvalue weighted by molar-refractivity contribution is -0.137. The molecule has 0 saturated heterocycles. The summed E-state index contributed by atoms with van der Waals surface area (Å²) < 4.78 is 46.2. The summed E-state index contributed by atoms with van der Waals surface area (Å²) in [5.74, 6) is -0.705. The lowest BCUT2D eigenvalue weighted by Gasteiger charge is -2.16. The number of alkyl halides is 3. The maximum absolute atomic E-state index is 13.5. The molecule has 0 bridgehead atoms. The van der Waals surface area contributed by atoms with Gasteiger partial charge in [0, 0.05) is 11.8 Å². The second-order valence-electron chi connectivity index (χ2n) is 4.72. The number of methoxy groups -OCH3 is 1. The van der Waals surface area contributed by atoms with Crippen molar-refractivity contribution >= 4 is 5.97 Å². The number of nitrogens with one attached hydrogen (secondary N) is 1. The maximum Gasteiger partial charge on any atom is 0.418 e. The summed E-state index contributed by atoms with van der Waals surface area (Å²) in [5, 5.41) is 12.8. The van der Waals surface area contributed by atoms with E-state index >= 15 is 0 Å². The molecule has 2 heterocycles. The van der Waals surface area contributed by atoms with Crippen LogP contribution in [0.2, 0.25) is 0 Å². The van der Waals surface area contributed by atoms with Crippen molar-refractivity contribution in [1.82, 2.24) is 25.2 Å². The Morgan fingerprint density at radius 1 is 1.29 bits per heavy atom. The molecule has 1 N–H and O–H groups in total. The minimum absolute atomic E-state index is 0.0182. The van der Waals surface area contributed by atoms with Gasteiger partial charge in [0.05, 0.1) is 18.4 Å². The van der Waals surface area contributed by atoms with E-state index in [0.29, 0.717) is 0 Å². The van der Waals surface area contributed by atoms with E-state index in [4.69, 9.17) is 0 Å². The molecule has 3 aromatic rings. The molecule has 10 heteroatoms. The Balaban J connectivity index is 2.19. The molecule has 124 valence electrons. The zero-order chi connectivity index (χ0) is 17.3. The van der Waals surface area contributed by atoms with Crippen molar-refractivity contribution < 1.29 is 22.7 Å². The number of hydrogen-bond donors (Lipinski definition) is 1. The van der Waals surface area contributed by atoms with Gasteiger partial charge in [-0.3, -0.25) is 0 Å². The van der Waals surface area contributed by atoms with Gasteiger partial charge >= 0.3 is 12.1 Å². The Labute approximate surface area is 133 Å². The first-order chi connectivity index (χ1) is 11.4. The minimum Gasteiger partial charge on any atom is -0.464 e. The highest BCUT2D eigenvalue weighted by molar-refractivity contribution is 5.88. The summed E-state index contributed by atoms with van der Waals surface area (Å²) in [6.07, 6.45) is -3.29. The molecule has 0 aliphatic heterocycles. The van der Waals surface area contributed by atoms with Crippen molar-refractivity contribution in [1.29, 1.82) is 0 Å². The molecule has 0 atom stereocenters. The number of esters is 1. The number of hydrogen-bond acceptors (Lipinski definition) is 5. The smallest absolute Gasteiger partial charge is 0.418 e. The molecule has 0 amide bonds.